The van der Waals surface area contributed by atoms with Crippen molar-refractivity contribution in [3.63, 3.8) is 0 Å². The van der Waals surface area contributed by atoms with Crippen LogP contribution in [-0.4, -0.2) is 46.0 Å². The number of rotatable bonds is 12. The van der Waals surface area contributed by atoms with Crippen LogP contribution in [0.4, 0.5) is 0 Å². The Morgan fingerprint density at radius 2 is 2.08 bits per heavy atom. The quantitative estimate of drug-likeness (QED) is 0.224. The largest absolute Gasteiger partial charge is 0.495 e. The van der Waals surface area contributed by atoms with Crippen LogP contribution in [0.1, 0.15) is 49.8 Å². The molecule has 2 aromatic rings. The van der Waals surface area contributed by atoms with Crippen molar-refractivity contribution in [3.05, 3.63) is 78.9 Å². The summed E-state index contributed by atoms with van der Waals surface area (Å²) in [6, 6.07) is 6.05. The van der Waals surface area contributed by atoms with Gasteiger partial charge in [-0.05, 0) is 62.3 Å². The molecule has 8 heteroatoms. The zero-order valence-corrected chi connectivity index (χ0v) is 23.3. The molecule has 1 amide bonds. The second-order valence-electron chi connectivity index (χ2n) is 9.09. The summed E-state index contributed by atoms with van der Waals surface area (Å²) in [4.78, 5) is 31.3. The number of allylic oxidation sites excluding steroid dienone is 2. The third-order valence-electron chi connectivity index (χ3n) is 6.80. The van der Waals surface area contributed by atoms with Gasteiger partial charge in [0, 0.05) is 25.1 Å². The first-order valence-electron chi connectivity index (χ1n) is 12.1. The van der Waals surface area contributed by atoms with Gasteiger partial charge in [0.1, 0.15) is 5.75 Å². The van der Waals surface area contributed by atoms with Gasteiger partial charge in [0.15, 0.2) is 23.0 Å². The van der Waals surface area contributed by atoms with Crippen LogP contribution in [0.2, 0.25) is 0 Å². The Morgan fingerprint density at radius 1 is 1.33 bits per heavy atom. The number of hydrogen-bond acceptors (Lipinski definition) is 5. The topological polar surface area (TPSA) is 73.7 Å². The van der Waals surface area contributed by atoms with Crippen LogP contribution in [0, 0.1) is 12.8 Å². The molecule has 0 N–H and O–H groups in total. The summed E-state index contributed by atoms with van der Waals surface area (Å²) in [5.41, 5.74) is 3.96. The number of aryl methyl sites for hydroxylation is 1. The molecule has 1 fully saturated rings. The van der Waals surface area contributed by atoms with E-state index in [1.54, 1.807) is 48.6 Å². The third kappa shape index (κ3) is 6.46. The van der Waals surface area contributed by atoms with Gasteiger partial charge in [-0.25, -0.2) is 4.98 Å². The number of benzene rings is 1. The molecule has 0 spiro atoms. The highest BCUT2D eigenvalue weighted by atomic mass is 127. The molecule has 1 aliphatic carbocycles. The first kappa shape index (κ1) is 27.7. The van der Waals surface area contributed by atoms with Gasteiger partial charge in [0.2, 0.25) is 5.91 Å². The third-order valence-corrected chi connectivity index (χ3v) is 7.29. The molecule has 0 aliphatic heterocycles. The van der Waals surface area contributed by atoms with Gasteiger partial charge in [0.05, 0.1) is 30.9 Å². The van der Waals surface area contributed by atoms with Gasteiger partial charge in [-0.2, -0.15) is 0 Å². The molecule has 7 nitrogen and oxygen atoms in total. The number of methoxy groups -OCH3 is 1. The molecule has 0 bridgehead atoms. The maximum atomic E-state index is 13.6. The summed E-state index contributed by atoms with van der Waals surface area (Å²) in [5, 5.41) is 0. The van der Waals surface area contributed by atoms with Crippen molar-refractivity contribution in [3.8, 4) is 11.4 Å². The lowest BCUT2D eigenvalue weighted by molar-refractivity contribution is -0.141. The van der Waals surface area contributed by atoms with Gasteiger partial charge in [-0.1, -0.05) is 37.5 Å². The van der Waals surface area contributed by atoms with Gasteiger partial charge < -0.3 is 17.3 Å². The van der Waals surface area contributed by atoms with Crippen LogP contribution in [-0.2, 0) is 12.7 Å². The fourth-order valence-electron chi connectivity index (χ4n) is 4.66. The highest BCUT2D eigenvalue weighted by molar-refractivity contribution is 14.1. The number of ether oxygens (including phenoxy) is 1. The van der Waals surface area contributed by atoms with Crippen molar-refractivity contribution in [1.29, 1.82) is 0 Å². The number of hydrogen-bond donors (Lipinski definition) is 0. The van der Waals surface area contributed by atoms with Gasteiger partial charge in [-0.3, -0.25) is 9.59 Å². The van der Waals surface area contributed by atoms with E-state index in [2.05, 4.69) is 30.3 Å². The highest BCUT2D eigenvalue weighted by Gasteiger charge is 2.39. The van der Waals surface area contributed by atoms with Crippen LogP contribution in [0.5, 0.6) is 5.75 Å². The summed E-state index contributed by atoms with van der Waals surface area (Å²) >= 11 is 1.59. The van der Waals surface area contributed by atoms with Crippen molar-refractivity contribution in [2.24, 2.45) is 5.92 Å². The Balaban J connectivity index is 1.71. The number of halogens is 1. The molecule has 0 saturated heterocycles. The molecule has 36 heavy (non-hydrogen) atoms. The zero-order chi connectivity index (χ0) is 26.2. The van der Waals surface area contributed by atoms with Gasteiger partial charge in [-0.15, -0.1) is 0 Å². The van der Waals surface area contributed by atoms with E-state index < -0.39 is 0 Å². The van der Waals surface area contributed by atoms with Crippen molar-refractivity contribution < 1.29 is 17.4 Å². The molecule has 1 unspecified atom stereocenters. The van der Waals surface area contributed by atoms with E-state index in [1.807, 2.05) is 41.7 Å². The van der Waals surface area contributed by atoms with Crippen LogP contribution in [0.25, 0.3) is 5.69 Å². The standard InChI is InChI=1S/C28H34IN3O4/c1-6-9-21(7-2)20(4)32(13-8-10-27(33)36-29)28(34)24-14-23(15-24)22-11-12-25(26(16-22)35-5)31-17-19(3)30-18-31/h6-7,9,11-12,16-18,20,23-24H,1-2,8,10,13-15H2,3-5H3/b21-9+. The van der Waals surface area contributed by atoms with Crippen LogP contribution in [0.3, 0.4) is 0 Å². The number of amides is 1. The van der Waals surface area contributed by atoms with Crippen LogP contribution < -0.4 is 4.74 Å². The van der Waals surface area contributed by atoms with E-state index in [0.29, 0.717) is 18.9 Å². The van der Waals surface area contributed by atoms with E-state index in [0.717, 1.165) is 35.5 Å². The minimum absolute atomic E-state index is 0.0641. The second kappa shape index (κ2) is 12.9. The predicted molar refractivity (Wildman–Crippen MR) is 149 cm³/mol. The number of nitrogens with zero attached hydrogens (tertiary/aromatic N) is 3. The molecular weight excluding hydrogens is 569 g/mol. The first-order valence-corrected chi connectivity index (χ1v) is 13.0. The summed E-state index contributed by atoms with van der Waals surface area (Å²) in [6.07, 6.45) is 11.4. The highest BCUT2D eigenvalue weighted by Crippen LogP contribution is 2.44. The molecule has 1 aliphatic rings. The summed E-state index contributed by atoms with van der Waals surface area (Å²) in [5.74, 6) is 0.831. The van der Waals surface area contributed by atoms with Crippen LogP contribution >= 0.6 is 23.0 Å². The Kier molecular flexibility index (Phi) is 9.92. The minimum atomic E-state index is -0.284. The molecule has 1 aromatic heterocycles. The fraction of sp³-hybridized carbons (Fsp3) is 0.393. The average molecular weight is 604 g/mol. The predicted octanol–water partition coefficient (Wildman–Crippen LogP) is 5.87. The van der Waals surface area contributed by atoms with Gasteiger partial charge >= 0.3 is 5.97 Å². The number of aromatic nitrogens is 2. The van der Waals surface area contributed by atoms with E-state index >= 15 is 0 Å². The molecule has 1 saturated carbocycles. The lowest BCUT2D eigenvalue weighted by atomic mass is 9.70. The number of carbonyl (C=O) groups excluding carboxylic acids is 2. The minimum Gasteiger partial charge on any atom is -0.495 e. The van der Waals surface area contributed by atoms with Crippen molar-refractivity contribution in [2.45, 2.75) is 51.5 Å². The summed E-state index contributed by atoms with van der Waals surface area (Å²) in [7, 11) is 1.67. The number of carbonyl (C=O) groups is 2. The molecule has 192 valence electrons. The van der Waals surface area contributed by atoms with Crippen LogP contribution in [0.15, 0.2) is 67.7 Å². The SMILES string of the molecule is C=C/C=C(\C=C)C(C)N(CCCC(=O)OI)C(=O)C1CC(c2ccc(-n3cnc(C)c3)c(OC)c2)C1. The smallest absolute Gasteiger partial charge is 0.315 e. The van der Waals surface area contributed by atoms with Crippen molar-refractivity contribution in [1.82, 2.24) is 14.5 Å². The van der Waals surface area contributed by atoms with E-state index in [4.69, 9.17) is 7.80 Å². The lowest BCUT2D eigenvalue weighted by Crippen LogP contribution is -2.46. The Hall–Kier alpha value is -2.88. The molecule has 0 radical (unpaired) electrons. The summed E-state index contributed by atoms with van der Waals surface area (Å²) in [6.45, 7) is 12.1. The molecule has 1 atom stereocenters. The second-order valence-corrected chi connectivity index (χ2v) is 9.53. The maximum absolute atomic E-state index is 13.6. The van der Waals surface area contributed by atoms with Crippen molar-refractivity contribution in [2.75, 3.05) is 13.7 Å². The zero-order valence-electron chi connectivity index (χ0n) is 21.2. The van der Waals surface area contributed by atoms with Crippen molar-refractivity contribution >= 4 is 34.9 Å². The van der Waals surface area contributed by atoms with E-state index in [9.17, 15) is 9.59 Å². The normalized spacial score (nSPS) is 18.1. The molecule has 1 aromatic carbocycles. The monoisotopic (exact) mass is 603 g/mol. The Bertz CT molecular complexity index is 1130. The fourth-order valence-corrected chi connectivity index (χ4v) is 4.88. The van der Waals surface area contributed by atoms with E-state index in [-0.39, 0.29) is 30.3 Å². The lowest BCUT2D eigenvalue weighted by Gasteiger charge is -2.40. The summed E-state index contributed by atoms with van der Waals surface area (Å²) < 4.78 is 12.3. The molecule has 3 rings (SSSR count). The molecular formula is C28H34IN3O4. The van der Waals surface area contributed by atoms with E-state index in [1.165, 1.54) is 5.56 Å². The first-order chi connectivity index (χ1) is 17.3. The molecule has 1 heterocycles. The Morgan fingerprint density at radius 3 is 2.67 bits per heavy atom. The average Bonchev–Trinajstić information content (AvgIpc) is 3.29. The van der Waals surface area contributed by atoms with Gasteiger partial charge in [0.25, 0.3) is 0 Å². The Labute approximate surface area is 227 Å². The maximum Gasteiger partial charge on any atom is 0.315 e. The number of imidazole rings is 1.